The van der Waals surface area contributed by atoms with Crippen LogP contribution in [0.1, 0.15) is 61.5 Å². The zero-order valence-corrected chi connectivity index (χ0v) is 13.5. The van der Waals surface area contributed by atoms with Gasteiger partial charge in [-0.2, -0.15) is 0 Å². The molecule has 0 aromatic heterocycles. The summed E-state index contributed by atoms with van der Waals surface area (Å²) in [5.41, 5.74) is 9.41. The van der Waals surface area contributed by atoms with Crippen LogP contribution in [0.25, 0.3) is 0 Å². The fourth-order valence-corrected chi connectivity index (χ4v) is 2.38. The molecule has 0 bridgehead atoms. The Morgan fingerprint density at radius 2 is 1.85 bits per heavy atom. The molecule has 0 aliphatic heterocycles. The van der Waals surface area contributed by atoms with Gasteiger partial charge in [0.1, 0.15) is 0 Å². The normalized spacial score (nSPS) is 10.9. The highest BCUT2D eigenvalue weighted by atomic mass is 16.2. The summed E-state index contributed by atoms with van der Waals surface area (Å²) >= 11 is 0. The van der Waals surface area contributed by atoms with Crippen molar-refractivity contribution in [3.8, 4) is 0 Å². The standard InChI is InChI=1S/C17H28N2O/c1-6-7-8-9-19(12(2)3)17(20)15-11-16(18)14(5)10-13(15)4/h10-12H,6-9,18H2,1-5H3. The van der Waals surface area contributed by atoms with Gasteiger partial charge in [0, 0.05) is 23.8 Å². The summed E-state index contributed by atoms with van der Waals surface area (Å²) in [6, 6.07) is 4.02. The molecule has 0 fully saturated rings. The smallest absolute Gasteiger partial charge is 0.254 e. The van der Waals surface area contributed by atoms with Crippen molar-refractivity contribution in [3.05, 3.63) is 28.8 Å². The second-order valence-corrected chi connectivity index (χ2v) is 5.82. The third kappa shape index (κ3) is 3.99. The number of hydrogen-bond donors (Lipinski definition) is 1. The molecule has 0 aliphatic carbocycles. The highest BCUT2D eigenvalue weighted by Crippen LogP contribution is 2.20. The molecule has 0 saturated carbocycles. The largest absolute Gasteiger partial charge is 0.398 e. The minimum absolute atomic E-state index is 0.0975. The van der Waals surface area contributed by atoms with Crippen molar-refractivity contribution in [1.82, 2.24) is 4.90 Å². The average molecular weight is 276 g/mol. The van der Waals surface area contributed by atoms with Gasteiger partial charge in [-0.15, -0.1) is 0 Å². The van der Waals surface area contributed by atoms with E-state index < -0.39 is 0 Å². The van der Waals surface area contributed by atoms with E-state index >= 15 is 0 Å². The number of unbranched alkanes of at least 4 members (excludes halogenated alkanes) is 2. The minimum Gasteiger partial charge on any atom is -0.398 e. The third-order valence-electron chi connectivity index (χ3n) is 3.73. The second-order valence-electron chi connectivity index (χ2n) is 5.82. The zero-order valence-electron chi connectivity index (χ0n) is 13.5. The number of carbonyl (C=O) groups excluding carboxylic acids is 1. The summed E-state index contributed by atoms with van der Waals surface area (Å²) in [5.74, 6) is 0.0975. The first kappa shape index (κ1) is 16.5. The molecule has 1 rings (SSSR count). The van der Waals surface area contributed by atoms with Gasteiger partial charge in [-0.1, -0.05) is 25.8 Å². The molecule has 1 aromatic rings. The summed E-state index contributed by atoms with van der Waals surface area (Å²) in [6.07, 6.45) is 3.38. The first-order valence-electron chi connectivity index (χ1n) is 7.56. The van der Waals surface area contributed by atoms with E-state index in [4.69, 9.17) is 5.73 Å². The summed E-state index contributed by atoms with van der Waals surface area (Å²) < 4.78 is 0. The van der Waals surface area contributed by atoms with Crippen molar-refractivity contribution < 1.29 is 4.79 Å². The van der Waals surface area contributed by atoms with Gasteiger partial charge in [0.15, 0.2) is 0 Å². The van der Waals surface area contributed by atoms with E-state index in [0.717, 1.165) is 42.5 Å². The van der Waals surface area contributed by atoms with Gasteiger partial charge < -0.3 is 10.6 Å². The lowest BCUT2D eigenvalue weighted by Gasteiger charge is -2.27. The molecule has 0 saturated heterocycles. The molecule has 0 spiro atoms. The molecular weight excluding hydrogens is 248 g/mol. The van der Waals surface area contributed by atoms with E-state index in [1.54, 1.807) is 0 Å². The maximum absolute atomic E-state index is 12.7. The molecule has 0 heterocycles. The molecule has 112 valence electrons. The minimum atomic E-state index is 0.0975. The molecule has 3 heteroatoms. The molecule has 3 nitrogen and oxygen atoms in total. The number of carbonyl (C=O) groups is 1. The van der Waals surface area contributed by atoms with Crippen LogP contribution in [-0.4, -0.2) is 23.4 Å². The van der Waals surface area contributed by atoms with Crippen LogP contribution in [0.3, 0.4) is 0 Å². The molecule has 0 aliphatic rings. The maximum Gasteiger partial charge on any atom is 0.254 e. The zero-order chi connectivity index (χ0) is 15.3. The molecule has 1 amide bonds. The number of rotatable bonds is 6. The van der Waals surface area contributed by atoms with Crippen LogP contribution >= 0.6 is 0 Å². The Balaban J connectivity index is 2.97. The second kappa shape index (κ2) is 7.32. The highest BCUT2D eigenvalue weighted by molar-refractivity contribution is 5.97. The van der Waals surface area contributed by atoms with Gasteiger partial charge in [0.05, 0.1) is 0 Å². The van der Waals surface area contributed by atoms with Crippen LogP contribution in [0.15, 0.2) is 12.1 Å². The maximum atomic E-state index is 12.7. The molecule has 0 unspecified atom stereocenters. The summed E-state index contributed by atoms with van der Waals surface area (Å²) in [7, 11) is 0. The number of nitrogen functional groups attached to an aromatic ring is 1. The van der Waals surface area contributed by atoms with Crippen molar-refractivity contribution in [2.75, 3.05) is 12.3 Å². The number of hydrogen-bond acceptors (Lipinski definition) is 2. The Kier molecular flexibility index (Phi) is 6.05. The van der Waals surface area contributed by atoms with E-state index in [9.17, 15) is 4.79 Å². The molecular formula is C17H28N2O. The molecule has 1 aromatic carbocycles. The van der Waals surface area contributed by atoms with Crippen molar-refractivity contribution >= 4 is 11.6 Å². The lowest BCUT2D eigenvalue weighted by molar-refractivity contribution is 0.0701. The van der Waals surface area contributed by atoms with Crippen LogP contribution in [-0.2, 0) is 0 Å². The van der Waals surface area contributed by atoms with Gasteiger partial charge in [-0.05, 0) is 51.3 Å². The Bertz CT molecular complexity index is 466. The topological polar surface area (TPSA) is 46.3 Å². The Morgan fingerprint density at radius 3 is 2.40 bits per heavy atom. The number of aryl methyl sites for hydroxylation is 2. The van der Waals surface area contributed by atoms with Gasteiger partial charge in [0.25, 0.3) is 5.91 Å². The Morgan fingerprint density at radius 1 is 1.20 bits per heavy atom. The van der Waals surface area contributed by atoms with Gasteiger partial charge in [-0.3, -0.25) is 4.79 Å². The van der Waals surface area contributed by atoms with Crippen molar-refractivity contribution in [3.63, 3.8) is 0 Å². The average Bonchev–Trinajstić information content (AvgIpc) is 2.38. The predicted molar refractivity (Wildman–Crippen MR) is 86.0 cm³/mol. The number of benzene rings is 1. The predicted octanol–water partition coefficient (Wildman–Crippen LogP) is 3.93. The van der Waals surface area contributed by atoms with Crippen LogP contribution in [0.5, 0.6) is 0 Å². The fraction of sp³-hybridized carbons (Fsp3) is 0.588. The van der Waals surface area contributed by atoms with Crippen LogP contribution in [0.4, 0.5) is 5.69 Å². The molecule has 0 atom stereocenters. The van der Waals surface area contributed by atoms with E-state index in [0.29, 0.717) is 5.69 Å². The summed E-state index contributed by atoms with van der Waals surface area (Å²) in [5, 5.41) is 0. The quantitative estimate of drug-likeness (QED) is 0.632. The lowest BCUT2D eigenvalue weighted by Crippen LogP contribution is -2.38. The lowest BCUT2D eigenvalue weighted by atomic mass is 10.0. The van der Waals surface area contributed by atoms with Gasteiger partial charge in [-0.25, -0.2) is 0 Å². The summed E-state index contributed by atoms with van der Waals surface area (Å²) in [4.78, 5) is 14.7. The fourth-order valence-electron chi connectivity index (χ4n) is 2.38. The van der Waals surface area contributed by atoms with Crippen LogP contribution in [0.2, 0.25) is 0 Å². The van der Waals surface area contributed by atoms with E-state index in [1.807, 2.05) is 30.9 Å². The third-order valence-corrected chi connectivity index (χ3v) is 3.73. The number of anilines is 1. The Labute approximate surface area is 123 Å². The van der Waals surface area contributed by atoms with Crippen molar-refractivity contribution in [1.29, 1.82) is 0 Å². The van der Waals surface area contributed by atoms with Crippen LogP contribution in [0, 0.1) is 13.8 Å². The first-order valence-corrected chi connectivity index (χ1v) is 7.56. The number of nitrogens with zero attached hydrogens (tertiary/aromatic N) is 1. The highest BCUT2D eigenvalue weighted by Gasteiger charge is 2.20. The van der Waals surface area contributed by atoms with E-state index in [2.05, 4.69) is 20.8 Å². The molecule has 2 N–H and O–H groups in total. The van der Waals surface area contributed by atoms with E-state index in [1.165, 1.54) is 0 Å². The summed E-state index contributed by atoms with van der Waals surface area (Å²) in [6.45, 7) is 11.1. The van der Waals surface area contributed by atoms with Crippen LogP contribution < -0.4 is 5.73 Å². The molecule has 0 radical (unpaired) electrons. The van der Waals surface area contributed by atoms with E-state index in [-0.39, 0.29) is 11.9 Å². The number of amides is 1. The monoisotopic (exact) mass is 276 g/mol. The SMILES string of the molecule is CCCCCN(C(=O)c1cc(N)c(C)cc1C)C(C)C. The Hall–Kier alpha value is -1.51. The first-order chi connectivity index (χ1) is 9.38. The van der Waals surface area contributed by atoms with Crippen molar-refractivity contribution in [2.24, 2.45) is 0 Å². The number of nitrogens with two attached hydrogens (primary N) is 1. The van der Waals surface area contributed by atoms with Crippen molar-refractivity contribution in [2.45, 2.75) is 59.9 Å². The van der Waals surface area contributed by atoms with Gasteiger partial charge in [0.2, 0.25) is 0 Å². The van der Waals surface area contributed by atoms with Gasteiger partial charge >= 0.3 is 0 Å². The molecule has 20 heavy (non-hydrogen) atoms.